The molecular weight excluding hydrogens is 264 g/mol. The molecule has 0 fully saturated rings. The lowest BCUT2D eigenvalue weighted by atomic mass is 10.0. The Kier molecular flexibility index (Phi) is 5.76. The van der Waals surface area contributed by atoms with Crippen molar-refractivity contribution in [2.75, 3.05) is 19.6 Å². The van der Waals surface area contributed by atoms with Crippen LogP contribution in [0.1, 0.15) is 31.4 Å². The summed E-state index contributed by atoms with van der Waals surface area (Å²) >= 11 is 0. The third-order valence-electron chi connectivity index (χ3n) is 4.08. The van der Waals surface area contributed by atoms with E-state index in [1.807, 2.05) is 13.8 Å². The molecule has 0 saturated carbocycles. The van der Waals surface area contributed by atoms with Gasteiger partial charge in [0.1, 0.15) is 6.04 Å². The van der Waals surface area contributed by atoms with Crippen LogP contribution >= 0.6 is 0 Å². The van der Waals surface area contributed by atoms with Gasteiger partial charge in [0.05, 0.1) is 0 Å². The number of hydrogen-bond donors (Lipinski definition) is 2. The first-order valence-corrected chi connectivity index (χ1v) is 7.84. The van der Waals surface area contributed by atoms with Crippen LogP contribution in [0.3, 0.4) is 0 Å². The summed E-state index contributed by atoms with van der Waals surface area (Å²) in [6.07, 6.45) is 2.78. The van der Waals surface area contributed by atoms with Crippen LogP contribution in [-0.2, 0) is 17.6 Å². The number of aliphatic carboxylic acids is 1. The number of rotatable bonds is 6. The summed E-state index contributed by atoms with van der Waals surface area (Å²) in [7, 11) is 0. The van der Waals surface area contributed by atoms with E-state index in [2.05, 4.69) is 34.5 Å². The van der Waals surface area contributed by atoms with E-state index in [1.54, 1.807) is 0 Å². The van der Waals surface area contributed by atoms with Gasteiger partial charge < -0.3 is 15.3 Å². The van der Waals surface area contributed by atoms with Crippen molar-refractivity contribution in [1.82, 2.24) is 10.2 Å². The van der Waals surface area contributed by atoms with E-state index in [9.17, 15) is 9.90 Å². The lowest BCUT2D eigenvalue weighted by Crippen LogP contribution is -2.43. The minimum absolute atomic E-state index is 0.194. The molecule has 0 saturated heterocycles. The molecule has 1 atom stereocenters. The molecule has 0 spiro atoms. The van der Waals surface area contributed by atoms with E-state index in [0.29, 0.717) is 6.42 Å². The Bertz CT molecular complexity index is 447. The molecule has 0 amide bonds. The quantitative estimate of drug-likeness (QED) is 0.840. The largest absolute Gasteiger partial charge is 0.480 e. The highest BCUT2D eigenvalue weighted by molar-refractivity contribution is 5.73. The first kappa shape index (κ1) is 16.0. The molecule has 2 rings (SSSR count). The molecule has 0 aliphatic carbocycles. The summed E-state index contributed by atoms with van der Waals surface area (Å²) in [5.74, 6) is -0.748. The molecule has 1 aliphatic heterocycles. The SMILES string of the molecule is CC(C)NC(CCN1CCc2ccccc2CC1)C(=O)O. The highest BCUT2D eigenvalue weighted by Gasteiger charge is 2.20. The van der Waals surface area contributed by atoms with Crippen LogP contribution in [0.2, 0.25) is 0 Å². The Morgan fingerprint density at radius 1 is 1.24 bits per heavy atom. The van der Waals surface area contributed by atoms with Crippen molar-refractivity contribution in [1.29, 1.82) is 0 Å². The zero-order valence-corrected chi connectivity index (χ0v) is 13.0. The maximum Gasteiger partial charge on any atom is 0.320 e. The summed E-state index contributed by atoms with van der Waals surface area (Å²) in [4.78, 5) is 13.7. The number of fused-ring (bicyclic) bond motifs is 1. The summed E-state index contributed by atoms with van der Waals surface area (Å²) in [6, 6.07) is 8.36. The van der Waals surface area contributed by atoms with Gasteiger partial charge in [0.2, 0.25) is 0 Å². The summed E-state index contributed by atoms with van der Waals surface area (Å²) < 4.78 is 0. The lowest BCUT2D eigenvalue weighted by molar-refractivity contribution is -0.140. The van der Waals surface area contributed by atoms with Crippen LogP contribution in [-0.4, -0.2) is 47.7 Å². The van der Waals surface area contributed by atoms with Crippen LogP contribution in [0.15, 0.2) is 24.3 Å². The van der Waals surface area contributed by atoms with Gasteiger partial charge in [-0.2, -0.15) is 0 Å². The second kappa shape index (κ2) is 7.57. The highest BCUT2D eigenvalue weighted by atomic mass is 16.4. The third kappa shape index (κ3) is 4.83. The second-order valence-corrected chi connectivity index (χ2v) is 6.11. The molecule has 1 aromatic rings. The predicted octanol–water partition coefficient (Wildman–Crippen LogP) is 1.93. The molecule has 4 nitrogen and oxygen atoms in total. The topological polar surface area (TPSA) is 52.6 Å². The van der Waals surface area contributed by atoms with Crippen LogP contribution in [0.5, 0.6) is 0 Å². The summed E-state index contributed by atoms with van der Waals surface area (Å²) in [5.41, 5.74) is 2.88. The molecule has 1 heterocycles. The van der Waals surface area contributed by atoms with E-state index >= 15 is 0 Å². The van der Waals surface area contributed by atoms with Crippen molar-refractivity contribution in [3.05, 3.63) is 35.4 Å². The zero-order chi connectivity index (χ0) is 15.2. The molecule has 1 unspecified atom stereocenters. The van der Waals surface area contributed by atoms with Gasteiger partial charge in [0.15, 0.2) is 0 Å². The van der Waals surface area contributed by atoms with Crippen molar-refractivity contribution in [3.8, 4) is 0 Å². The zero-order valence-electron chi connectivity index (χ0n) is 13.0. The average Bonchev–Trinajstić information content (AvgIpc) is 2.65. The number of carboxylic acids is 1. The normalized spacial score (nSPS) is 17.3. The van der Waals surface area contributed by atoms with Gasteiger partial charge in [0.25, 0.3) is 0 Å². The average molecular weight is 290 g/mol. The number of hydrogen-bond acceptors (Lipinski definition) is 3. The second-order valence-electron chi connectivity index (χ2n) is 6.11. The fraction of sp³-hybridized carbons (Fsp3) is 0.588. The number of benzene rings is 1. The molecule has 2 N–H and O–H groups in total. The Morgan fingerprint density at radius 3 is 2.29 bits per heavy atom. The van der Waals surface area contributed by atoms with Gasteiger partial charge in [0, 0.05) is 25.7 Å². The fourth-order valence-electron chi connectivity index (χ4n) is 2.93. The van der Waals surface area contributed by atoms with E-state index < -0.39 is 12.0 Å². The third-order valence-corrected chi connectivity index (χ3v) is 4.08. The summed E-state index contributed by atoms with van der Waals surface area (Å²) in [6.45, 7) is 6.85. The number of carboxylic acid groups (broad SMARTS) is 1. The molecule has 21 heavy (non-hydrogen) atoms. The maximum absolute atomic E-state index is 11.3. The minimum atomic E-state index is -0.748. The number of nitrogens with one attached hydrogen (secondary N) is 1. The summed E-state index contributed by atoms with van der Waals surface area (Å²) in [5, 5.41) is 12.4. The van der Waals surface area contributed by atoms with E-state index in [0.717, 1.165) is 32.5 Å². The standard InChI is InChI=1S/C17H26N2O2/c1-13(2)18-16(17(20)21)9-12-19-10-7-14-5-3-4-6-15(14)8-11-19/h3-6,13,16,18H,7-12H2,1-2H3,(H,20,21). The number of nitrogens with zero attached hydrogens (tertiary/aromatic N) is 1. The Morgan fingerprint density at radius 2 is 1.81 bits per heavy atom. The molecule has 1 aromatic carbocycles. The van der Waals surface area contributed by atoms with Gasteiger partial charge in [-0.3, -0.25) is 4.79 Å². The van der Waals surface area contributed by atoms with Crippen LogP contribution in [0.25, 0.3) is 0 Å². The molecule has 0 radical (unpaired) electrons. The minimum Gasteiger partial charge on any atom is -0.480 e. The molecule has 4 heteroatoms. The van der Waals surface area contributed by atoms with Gasteiger partial charge >= 0.3 is 5.97 Å². The maximum atomic E-state index is 11.3. The molecule has 0 bridgehead atoms. The number of carbonyl (C=O) groups is 1. The first-order chi connectivity index (χ1) is 10.1. The smallest absolute Gasteiger partial charge is 0.320 e. The Balaban J connectivity index is 1.86. The van der Waals surface area contributed by atoms with Crippen molar-refractivity contribution < 1.29 is 9.90 Å². The Hall–Kier alpha value is -1.39. The van der Waals surface area contributed by atoms with Gasteiger partial charge in [-0.05, 0) is 30.4 Å². The van der Waals surface area contributed by atoms with Crippen molar-refractivity contribution in [3.63, 3.8) is 0 Å². The van der Waals surface area contributed by atoms with Crippen molar-refractivity contribution in [2.45, 2.75) is 45.2 Å². The van der Waals surface area contributed by atoms with E-state index in [-0.39, 0.29) is 6.04 Å². The van der Waals surface area contributed by atoms with Gasteiger partial charge in [-0.15, -0.1) is 0 Å². The van der Waals surface area contributed by atoms with Crippen molar-refractivity contribution >= 4 is 5.97 Å². The first-order valence-electron chi connectivity index (χ1n) is 7.84. The predicted molar refractivity (Wildman–Crippen MR) is 84.6 cm³/mol. The monoisotopic (exact) mass is 290 g/mol. The van der Waals surface area contributed by atoms with Crippen LogP contribution in [0, 0.1) is 0 Å². The lowest BCUT2D eigenvalue weighted by Gasteiger charge is -2.23. The van der Waals surface area contributed by atoms with Crippen LogP contribution in [0.4, 0.5) is 0 Å². The Labute approximate surface area is 127 Å². The molecular formula is C17H26N2O2. The van der Waals surface area contributed by atoms with Gasteiger partial charge in [-0.25, -0.2) is 0 Å². The van der Waals surface area contributed by atoms with Gasteiger partial charge in [-0.1, -0.05) is 38.1 Å². The molecule has 1 aliphatic rings. The van der Waals surface area contributed by atoms with Crippen LogP contribution < -0.4 is 5.32 Å². The molecule has 116 valence electrons. The highest BCUT2D eigenvalue weighted by Crippen LogP contribution is 2.15. The van der Waals surface area contributed by atoms with Crippen molar-refractivity contribution in [2.24, 2.45) is 0 Å². The molecule has 0 aromatic heterocycles. The van der Waals surface area contributed by atoms with E-state index in [4.69, 9.17) is 0 Å². The van der Waals surface area contributed by atoms with E-state index in [1.165, 1.54) is 11.1 Å². The fourth-order valence-corrected chi connectivity index (χ4v) is 2.93.